The van der Waals surface area contributed by atoms with Crippen LogP contribution in [0.4, 0.5) is 0 Å². The topological polar surface area (TPSA) is 0 Å². The second-order valence-corrected chi connectivity index (χ2v) is 35.9. The van der Waals surface area contributed by atoms with E-state index in [1.54, 1.807) is 29.0 Å². The van der Waals surface area contributed by atoms with E-state index < -0.39 is 51.9 Å². The molecule has 0 fully saturated rings. The number of rotatable bonds is 12. The van der Waals surface area contributed by atoms with Gasteiger partial charge in [-0.25, -0.2) is 0 Å². The zero-order valence-electron chi connectivity index (χ0n) is 27.2. The quantitative estimate of drug-likeness (QED) is 0.130. The van der Waals surface area contributed by atoms with E-state index in [9.17, 15) is 0 Å². The third-order valence-electron chi connectivity index (χ3n) is 7.54. The Labute approximate surface area is 263 Å². The van der Waals surface area contributed by atoms with Crippen LogP contribution in [-0.4, -0.2) is 44.0 Å². The number of hydrogen-bond acceptors (Lipinski definition) is 0. The van der Waals surface area contributed by atoms with Gasteiger partial charge in [0.05, 0.1) is 0 Å². The first kappa shape index (κ1) is 34.3. The molecule has 218 valence electrons. The molecule has 4 heteroatoms. The first-order valence-corrected chi connectivity index (χ1v) is 26.0. The van der Waals surface area contributed by atoms with Gasteiger partial charge in [0.1, 0.15) is 0 Å². The molecular weight excluding hydrogens is 688 g/mol. The van der Waals surface area contributed by atoms with Crippen molar-refractivity contribution < 1.29 is 0 Å². The van der Waals surface area contributed by atoms with Crippen molar-refractivity contribution in [2.45, 2.75) is 111 Å². The molecule has 0 radical (unpaired) electrons. The van der Waals surface area contributed by atoms with Crippen LogP contribution in [0.1, 0.15) is 83.1 Å². The summed E-state index contributed by atoms with van der Waals surface area (Å²) in [6.45, 7) is 29.9. The van der Waals surface area contributed by atoms with Crippen molar-refractivity contribution in [3.63, 3.8) is 0 Å². The molecule has 0 atom stereocenters. The van der Waals surface area contributed by atoms with Gasteiger partial charge in [0.15, 0.2) is 0 Å². The summed E-state index contributed by atoms with van der Waals surface area (Å²) >= 11 is -3.87. The molecule has 0 saturated heterocycles. The summed E-state index contributed by atoms with van der Waals surface area (Å²) in [6, 6.07) is 29.3. The van der Waals surface area contributed by atoms with Crippen LogP contribution in [-0.2, 0) is 0 Å². The van der Waals surface area contributed by atoms with Crippen LogP contribution in [0.25, 0.3) is 0 Å². The summed E-state index contributed by atoms with van der Waals surface area (Å²) in [4.78, 5) is 0. The van der Waals surface area contributed by atoms with Gasteiger partial charge >= 0.3 is 265 Å². The van der Waals surface area contributed by atoms with Crippen molar-refractivity contribution >= 4 is 80.8 Å². The molecule has 3 aromatic carbocycles. The minimum absolute atomic E-state index is 0.645. The van der Waals surface area contributed by atoms with E-state index >= 15 is 0 Å². The van der Waals surface area contributed by atoms with Gasteiger partial charge in [-0.1, -0.05) is 0 Å². The van der Waals surface area contributed by atoms with Crippen molar-refractivity contribution in [3.05, 3.63) is 72.8 Å². The number of benzene rings is 3. The van der Waals surface area contributed by atoms with E-state index in [-0.39, 0.29) is 0 Å². The zero-order chi connectivity index (χ0) is 29.7. The molecule has 0 spiro atoms. The first-order valence-electron chi connectivity index (χ1n) is 15.3. The zero-order valence-corrected chi connectivity index (χ0v) is 33.7. The van der Waals surface area contributed by atoms with Crippen LogP contribution in [0.15, 0.2) is 72.8 Å². The van der Waals surface area contributed by atoms with Crippen molar-refractivity contribution in [1.82, 2.24) is 0 Å². The molecule has 0 aliphatic carbocycles. The van der Waals surface area contributed by atoms with Gasteiger partial charge in [0.2, 0.25) is 0 Å². The molecule has 3 rings (SSSR count). The molecule has 0 bridgehead atoms. The van der Waals surface area contributed by atoms with Gasteiger partial charge in [-0.3, -0.25) is 0 Å². The number of hydrogen-bond donors (Lipinski definition) is 0. The van der Waals surface area contributed by atoms with Crippen molar-refractivity contribution in [3.8, 4) is 0 Å². The van der Waals surface area contributed by atoms with Crippen LogP contribution in [0.2, 0.25) is 28.2 Å². The van der Waals surface area contributed by atoms with E-state index in [0.717, 1.165) is 28.2 Å². The van der Waals surface area contributed by atoms with Crippen LogP contribution >= 0.6 is 7.92 Å². The summed E-state index contributed by atoms with van der Waals surface area (Å²) in [5.41, 5.74) is 0. The van der Waals surface area contributed by atoms with Gasteiger partial charge in [-0.15, -0.1) is 0 Å². The average molecular weight is 743 g/mol. The minimum atomic E-state index is -1.29. The van der Waals surface area contributed by atoms with Gasteiger partial charge in [0, 0.05) is 0 Å². The molecule has 0 aromatic heterocycles. The molecule has 3 aromatic rings. The van der Waals surface area contributed by atoms with E-state index in [2.05, 4.69) is 156 Å². The molecule has 0 heterocycles. The Morgan fingerprint density at radius 2 is 0.550 bits per heavy atom. The molecule has 0 amide bonds. The van der Waals surface area contributed by atoms with E-state index in [4.69, 9.17) is 0 Å². The average Bonchev–Trinajstić information content (AvgIpc) is 2.86. The second-order valence-electron chi connectivity index (χ2n) is 12.6. The Morgan fingerprint density at radius 1 is 0.350 bits per heavy atom. The fourth-order valence-electron chi connectivity index (χ4n) is 6.46. The summed E-state index contributed by atoms with van der Waals surface area (Å²) < 4.78 is 9.69. The molecule has 0 aliphatic rings. The summed E-state index contributed by atoms with van der Waals surface area (Å²) in [5, 5.41) is 5.01. The third-order valence-corrected chi connectivity index (χ3v) is 31.3. The van der Waals surface area contributed by atoms with E-state index in [1.165, 1.54) is 0 Å². The molecule has 0 nitrogen and oxygen atoms in total. The summed E-state index contributed by atoms with van der Waals surface area (Å²) in [6.07, 6.45) is 0. The monoisotopic (exact) mass is 742 g/mol. The molecule has 0 unspecified atom stereocenters. The van der Waals surface area contributed by atoms with Gasteiger partial charge < -0.3 is 0 Å². The van der Waals surface area contributed by atoms with Gasteiger partial charge in [-0.2, -0.15) is 0 Å². The fourth-order valence-corrected chi connectivity index (χ4v) is 30.8. The fraction of sp³-hybridized carbons (Fsp3) is 0.500. The van der Waals surface area contributed by atoms with Crippen molar-refractivity contribution in [2.24, 2.45) is 0 Å². The summed E-state index contributed by atoms with van der Waals surface area (Å²) in [5.74, 6) is 0. The van der Waals surface area contributed by atoms with Gasteiger partial charge in [0.25, 0.3) is 0 Å². The summed E-state index contributed by atoms with van der Waals surface area (Å²) in [7, 11) is -0.645. The normalized spacial score (nSPS) is 12.8. The maximum atomic E-state index is 2.55. The maximum absolute atomic E-state index is 2.55. The van der Waals surface area contributed by atoms with Crippen LogP contribution < -0.4 is 29.0 Å². The van der Waals surface area contributed by atoms with E-state index in [1.807, 2.05) is 0 Å². The Bertz CT molecular complexity index is 1040. The molecular formula is C36H54As3P. The Balaban J connectivity index is 2.48. The van der Waals surface area contributed by atoms with E-state index in [0.29, 0.717) is 0 Å². The third kappa shape index (κ3) is 7.83. The first-order chi connectivity index (χ1) is 18.9. The predicted octanol–water partition coefficient (Wildman–Crippen LogP) is 8.01. The standard InChI is InChI=1S/C36H54As3P/c1-25(2)37(26(3)4)31-19-13-16-22-34(31)40(35-23-17-14-20-32(35)38(27(5)6)28(7)8)36-24-18-15-21-33(36)39(29(9)10)30(11)12/h13-30H,1-12H3. The van der Waals surface area contributed by atoms with Crippen molar-refractivity contribution in [1.29, 1.82) is 0 Å². The Kier molecular flexibility index (Phi) is 13.3. The molecule has 0 N–H and O–H groups in total. The Morgan fingerprint density at radius 3 is 0.750 bits per heavy atom. The second kappa shape index (κ2) is 15.5. The van der Waals surface area contributed by atoms with Crippen LogP contribution in [0, 0.1) is 0 Å². The molecule has 40 heavy (non-hydrogen) atoms. The van der Waals surface area contributed by atoms with Gasteiger partial charge in [-0.05, 0) is 0 Å². The molecule has 0 saturated carbocycles. The predicted molar refractivity (Wildman–Crippen MR) is 192 cm³/mol. The van der Waals surface area contributed by atoms with Crippen LogP contribution in [0.5, 0.6) is 0 Å². The molecule has 0 aliphatic heterocycles. The SMILES string of the molecule is CC(C)[As](c1ccccc1P(c1ccccc1[As](C(C)C)C(C)C)c1ccccc1[As](C(C)C)C(C)C)C(C)C. The Hall–Kier alpha value is -0.235. The van der Waals surface area contributed by atoms with Crippen molar-refractivity contribution in [2.75, 3.05) is 0 Å². The van der Waals surface area contributed by atoms with Crippen LogP contribution in [0.3, 0.4) is 0 Å².